The molecule has 98 valence electrons. The fourth-order valence-corrected chi connectivity index (χ4v) is 2.41. The Bertz CT molecular complexity index is 693. The van der Waals surface area contributed by atoms with Crippen LogP contribution in [0.1, 0.15) is 6.42 Å². The van der Waals surface area contributed by atoms with Crippen molar-refractivity contribution in [2.75, 3.05) is 0 Å². The number of benzene rings is 1. The van der Waals surface area contributed by atoms with Crippen LogP contribution in [0.15, 0.2) is 36.7 Å². The van der Waals surface area contributed by atoms with E-state index in [0.29, 0.717) is 0 Å². The molecule has 3 aromatic rings. The van der Waals surface area contributed by atoms with Crippen molar-refractivity contribution in [3.63, 3.8) is 0 Å². The van der Waals surface area contributed by atoms with Crippen LogP contribution in [0, 0.1) is 12.7 Å². The summed E-state index contributed by atoms with van der Waals surface area (Å²) in [6.07, 6.45) is 11.7. The third-order valence-corrected chi connectivity index (χ3v) is 3.34. The Morgan fingerprint density at radius 1 is 1.21 bits per heavy atom. The minimum atomic E-state index is 0.969. The van der Waals surface area contributed by atoms with Gasteiger partial charge in [0.2, 0.25) is 12.7 Å². The zero-order valence-electron chi connectivity index (χ0n) is 11.4. The maximum Gasteiger partial charge on any atom is 0.204 e. The molecule has 0 spiro atoms. The number of aromatic nitrogens is 4. The fourth-order valence-electron chi connectivity index (χ4n) is 2.41. The predicted octanol–water partition coefficient (Wildman–Crippen LogP) is 0.782. The molecule has 19 heavy (non-hydrogen) atoms. The zero-order valence-corrected chi connectivity index (χ0v) is 11.4. The lowest BCUT2D eigenvalue weighted by Crippen LogP contribution is -2.33. The van der Waals surface area contributed by atoms with Crippen molar-refractivity contribution in [1.29, 1.82) is 0 Å². The Labute approximate surface area is 113 Å². The van der Waals surface area contributed by atoms with Gasteiger partial charge in [0.1, 0.15) is 0 Å². The predicted molar refractivity (Wildman–Crippen MR) is 71.0 cm³/mol. The Hall–Kier alpha value is -2.10. The average molecular weight is 254 g/mol. The molecule has 0 aliphatic rings. The van der Waals surface area contributed by atoms with Crippen molar-refractivity contribution >= 4 is 11.0 Å². The Morgan fingerprint density at radius 2 is 2.05 bits per heavy atom. The summed E-state index contributed by atoms with van der Waals surface area (Å²) in [5.41, 5.74) is 2.47. The highest BCUT2D eigenvalue weighted by atomic mass is 15.1. The van der Waals surface area contributed by atoms with Crippen LogP contribution in [0.4, 0.5) is 0 Å². The third kappa shape index (κ3) is 2.38. The summed E-state index contributed by atoms with van der Waals surface area (Å²) in [6, 6.07) is 8.41. The van der Waals surface area contributed by atoms with Gasteiger partial charge in [0.25, 0.3) is 0 Å². The Kier molecular flexibility index (Phi) is 3.07. The van der Waals surface area contributed by atoms with Gasteiger partial charge in [0.15, 0.2) is 0 Å². The first-order valence-corrected chi connectivity index (χ1v) is 6.55. The lowest BCUT2D eigenvalue weighted by atomic mass is 10.3. The molecule has 0 N–H and O–H groups in total. The first-order chi connectivity index (χ1) is 9.24. The summed E-state index contributed by atoms with van der Waals surface area (Å²) < 4.78 is 8.28. The molecule has 0 aliphatic heterocycles. The monoisotopic (exact) mass is 254 g/mol. The molecule has 1 aromatic carbocycles. The number of nitrogens with zero attached hydrogens (tertiary/aromatic N) is 4. The van der Waals surface area contributed by atoms with Crippen LogP contribution in [0.5, 0.6) is 0 Å². The van der Waals surface area contributed by atoms with E-state index in [1.54, 1.807) is 0 Å². The van der Waals surface area contributed by atoms with E-state index in [2.05, 4.69) is 56.8 Å². The van der Waals surface area contributed by atoms with E-state index in [0.717, 1.165) is 19.5 Å². The molecule has 2 aromatic heterocycles. The first kappa shape index (κ1) is 12.0. The van der Waals surface area contributed by atoms with Gasteiger partial charge in [-0.25, -0.2) is 0 Å². The molecule has 0 unspecified atom stereocenters. The van der Waals surface area contributed by atoms with Crippen molar-refractivity contribution in [3.05, 3.63) is 49.3 Å². The molecule has 0 amide bonds. The SMILES string of the molecule is Cn1[c-][n+](CCCn2[c-][n+](C)cc2)c2ccccc21. The van der Waals surface area contributed by atoms with Crippen LogP contribution in [0.3, 0.4) is 0 Å². The van der Waals surface area contributed by atoms with Crippen LogP contribution in [-0.4, -0.2) is 9.13 Å². The molecule has 0 radical (unpaired) electrons. The molecular weight excluding hydrogens is 236 g/mol. The van der Waals surface area contributed by atoms with Crippen LogP contribution >= 0.6 is 0 Å². The second-order valence-electron chi connectivity index (χ2n) is 4.86. The summed E-state index contributed by atoms with van der Waals surface area (Å²) in [7, 11) is 4.03. The van der Waals surface area contributed by atoms with E-state index in [1.165, 1.54) is 11.0 Å². The average Bonchev–Trinajstić information content (AvgIpc) is 2.96. The van der Waals surface area contributed by atoms with E-state index < -0.39 is 0 Å². The Balaban J connectivity index is 1.72. The van der Waals surface area contributed by atoms with E-state index in [1.807, 2.05) is 24.9 Å². The van der Waals surface area contributed by atoms with Crippen LogP contribution in [-0.2, 0) is 27.2 Å². The van der Waals surface area contributed by atoms with Gasteiger partial charge in [-0.3, -0.25) is 0 Å². The van der Waals surface area contributed by atoms with Crippen molar-refractivity contribution in [3.8, 4) is 0 Å². The van der Waals surface area contributed by atoms with Gasteiger partial charge in [-0.05, 0) is 12.4 Å². The van der Waals surface area contributed by atoms with Crippen LogP contribution < -0.4 is 9.13 Å². The fraction of sp³-hybridized carbons (Fsp3) is 0.333. The highest BCUT2D eigenvalue weighted by molar-refractivity contribution is 5.71. The molecule has 0 saturated heterocycles. The Morgan fingerprint density at radius 3 is 2.84 bits per heavy atom. The maximum atomic E-state index is 3.35. The topological polar surface area (TPSA) is 17.6 Å². The number of hydrogen-bond donors (Lipinski definition) is 0. The number of fused-ring (bicyclic) bond motifs is 1. The van der Waals surface area contributed by atoms with Crippen LogP contribution in [0.2, 0.25) is 0 Å². The summed E-state index contributed by atoms with van der Waals surface area (Å²) in [5, 5.41) is 0. The molecule has 4 heteroatoms. The number of para-hydroxylation sites is 2. The number of imidazole rings is 2. The summed E-state index contributed by atoms with van der Waals surface area (Å²) >= 11 is 0. The van der Waals surface area contributed by atoms with Gasteiger partial charge >= 0.3 is 0 Å². The molecule has 0 aliphatic carbocycles. The van der Waals surface area contributed by atoms with E-state index >= 15 is 0 Å². The van der Waals surface area contributed by atoms with Crippen molar-refractivity contribution in [1.82, 2.24) is 9.13 Å². The first-order valence-electron chi connectivity index (χ1n) is 6.55. The van der Waals surface area contributed by atoms with Crippen molar-refractivity contribution in [2.45, 2.75) is 19.5 Å². The van der Waals surface area contributed by atoms with E-state index in [4.69, 9.17) is 0 Å². The number of aryl methyl sites for hydroxylation is 4. The third-order valence-electron chi connectivity index (χ3n) is 3.34. The number of hydrogen-bond acceptors (Lipinski definition) is 0. The van der Waals surface area contributed by atoms with E-state index in [-0.39, 0.29) is 0 Å². The molecule has 4 nitrogen and oxygen atoms in total. The highest BCUT2D eigenvalue weighted by Crippen LogP contribution is 2.08. The summed E-state index contributed by atoms with van der Waals surface area (Å²) in [4.78, 5) is 0. The van der Waals surface area contributed by atoms with E-state index in [9.17, 15) is 0 Å². The smallest absolute Gasteiger partial charge is 0.204 e. The quantitative estimate of drug-likeness (QED) is 0.484. The maximum absolute atomic E-state index is 3.35. The lowest BCUT2D eigenvalue weighted by molar-refractivity contribution is -0.678. The van der Waals surface area contributed by atoms with Crippen molar-refractivity contribution < 1.29 is 9.13 Å². The van der Waals surface area contributed by atoms with Gasteiger partial charge in [-0.2, -0.15) is 0 Å². The molecule has 2 heterocycles. The normalized spacial score (nSPS) is 11.3. The minimum Gasteiger partial charge on any atom is -0.354 e. The second-order valence-corrected chi connectivity index (χ2v) is 4.86. The van der Waals surface area contributed by atoms with Crippen LogP contribution in [0.25, 0.3) is 11.0 Å². The van der Waals surface area contributed by atoms with Crippen molar-refractivity contribution in [2.24, 2.45) is 14.1 Å². The van der Waals surface area contributed by atoms with Gasteiger partial charge in [0, 0.05) is 17.5 Å². The molecular formula is C15H18N4. The molecule has 3 rings (SSSR count). The largest absolute Gasteiger partial charge is 0.354 e. The molecule has 0 fully saturated rings. The van der Waals surface area contributed by atoms with Gasteiger partial charge < -0.3 is 18.3 Å². The molecule has 0 atom stereocenters. The van der Waals surface area contributed by atoms with Gasteiger partial charge in [-0.1, -0.05) is 24.3 Å². The number of rotatable bonds is 4. The summed E-state index contributed by atoms with van der Waals surface area (Å²) in [5.74, 6) is 0. The molecule has 0 bridgehead atoms. The highest BCUT2D eigenvalue weighted by Gasteiger charge is 2.03. The lowest BCUT2D eigenvalue weighted by Gasteiger charge is -2.04. The molecule has 0 saturated carbocycles. The zero-order chi connectivity index (χ0) is 13.2. The standard InChI is InChI=1S/C15H18N4/c1-16-10-11-18(12-16)8-5-9-19-13-17(2)14-6-3-4-7-15(14)19/h3-4,6-7,10-11H,5,8-9H2,1-2H3. The summed E-state index contributed by atoms with van der Waals surface area (Å²) in [6.45, 7) is 1.95. The van der Waals surface area contributed by atoms with Gasteiger partial charge in [0.05, 0.1) is 27.2 Å². The van der Waals surface area contributed by atoms with Gasteiger partial charge in [-0.15, -0.1) is 0 Å². The second kappa shape index (κ2) is 4.88. The minimum absolute atomic E-state index is 0.969.